The van der Waals surface area contributed by atoms with Crippen LogP contribution < -0.4 is 4.90 Å². The number of furan rings is 1. The average Bonchev–Trinajstić information content (AvgIpc) is 3.03. The summed E-state index contributed by atoms with van der Waals surface area (Å²) in [5.41, 5.74) is 5.36. The van der Waals surface area contributed by atoms with Crippen molar-refractivity contribution in [1.82, 2.24) is 4.98 Å². The van der Waals surface area contributed by atoms with Crippen LogP contribution in [0.5, 0.6) is 0 Å². The maximum atomic E-state index is 6.32. The zero-order valence-electron chi connectivity index (χ0n) is 15.0. The minimum absolute atomic E-state index is 0.352. The molecule has 2 aromatic heterocycles. The highest BCUT2D eigenvalue weighted by atomic mass is 16.3. The van der Waals surface area contributed by atoms with Crippen molar-refractivity contribution in [1.29, 1.82) is 0 Å². The van der Waals surface area contributed by atoms with Crippen molar-refractivity contribution in [2.75, 3.05) is 4.90 Å². The second-order valence-corrected chi connectivity index (χ2v) is 8.70. The number of aryl methyl sites for hydroxylation is 1. The second kappa shape index (κ2) is 4.38. The van der Waals surface area contributed by atoms with Crippen LogP contribution in [0.3, 0.4) is 0 Å². The quantitative estimate of drug-likeness (QED) is 0.581. The standard InChI is InChI=1S/C22H24N2O/c1-14-5-6-16-17-4-3-13-23-20(17)25-19(16)18(14)24-15(2)21-7-10-22(24,11-8-21)12-9-21/h3-6,13,15H,7-12H2,1-2H3/t15-,21?,22?/m0/s1. The van der Waals surface area contributed by atoms with Gasteiger partial charge in [0.25, 0.3) is 0 Å². The van der Waals surface area contributed by atoms with E-state index in [9.17, 15) is 0 Å². The third-order valence-electron chi connectivity index (χ3n) is 7.88. The van der Waals surface area contributed by atoms with Crippen molar-refractivity contribution in [3.63, 3.8) is 0 Å². The van der Waals surface area contributed by atoms with E-state index in [-0.39, 0.29) is 0 Å². The van der Waals surface area contributed by atoms with E-state index in [1.807, 2.05) is 12.3 Å². The van der Waals surface area contributed by atoms with Gasteiger partial charge in [-0.3, -0.25) is 0 Å². The van der Waals surface area contributed by atoms with Gasteiger partial charge in [0.2, 0.25) is 5.71 Å². The van der Waals surface area contributed by atoms with Gasteiger partial charge < -0.3 is 9.32 Å². The van der Waals surface area contributed by atoms with Crippen LogP contribution in [0.2, 0.25) is 0 Å². The molecule has 0 N–H and O–H groups in total. The number of piperidine rings is 3. The molecule has 0 amide bonds. The zero-order chi connectivity index (χ0) is 16.8. The maximum absolute atomic E-state index is 6.32. The van der Waals surface area contributed by atoms with Gasteiger partial charge in [-0.1, -0.05) is 12.1 Å². The summed E-state index contributed by atoms with van der Waals surface area (Å²) in [4.78, 5) is 7.24. The van der Waals surface area contributed by atoms with Gasteiger partial charge in [-0.25, -0.2) is 4.98 Å². The first-order valence-electron chi connectivity index (χ1n) is 9.70. The minimum atomic E-state index is 0.352. The van der Waals surface area contributed by atoms with Crippen molar-refractivity contribution in [2.45, 2.75) is 64.0 Å². The van der Waals surface area contributed by atoms with Crippen LogP contribution in [0.1, 0.15) is 51.0 Å². The molecule has 2 bridgehead atoms. The van der Waals surface area contributed by atoms with Crippen molar-refractivity contribution in [3.8, 4) is 0 Å². The molecule has 3 saturated carbocycles. The van der Waals surface area contributed by atoms with E-state index in [0.717, 1.165) is 16.7 Å². The number of nitrogens with zero attached hydrogens (tertiary/aromatic N) is 2. The molecule has 3 aromatic rings. The third kappa shape index (κ3) is 1.56. The van der Waals surface area contributed by atoms with Crippen molar-refractivity contribution in [3.05, 3.63) is 36.0 Å². The Bertz CT molecular complexity index is 993. The minimum Gasteiger partial charge on any atom is -0.436 e. The lowest BCUT2D eigenvalue weighted by atomic mass is 9.49. The molecular weight excluding hydrogens is 308 g/mol. The van der Waals surface area contributed by atoms with Gasteiger partial charge in [0.05, 0.1) is 5.69 Å². The van der Waals surface area contributed by atoms with Crippen LogP contribution in [0.25, 0.3) is 22.1 Å². The maximum Gasteiger partial charge on any atom is 0.227 e. The van der Waals surface area contributed by atoms with Crippen molar-refractivity contribution < 1.29 is 4.42 Å². The molecule has 128 valence electrons. The number of fused-ring (bicyclic) bond motifs is 3. The Kier molecular flexibility index (Phi) is 2.48. The van der Waals surface area contributed by atoms with E-state index in [0.29, 0.717) is 17.0 Å². The molecule has 0 radical (unpaired) electrons. The molecule has 3 nitrogen and oxygen atoms in total. The van der Waals surface area contributed by atoms with Gasteiger partial charge in [-0.05, 0) is 75.5 Å². The predicted molar refractivity (Wildman–Crippen MR) is 101 cm³/mol. The summed E-state index contributed by atoms with van der Waals surface area (Å²) in [7, 11) is 0. The molecule has 3 saturated heterocycles. The largest absolute Gasteiger partial charge is 0.436 e. The summed E-state index contributed by atoms with van der Waals surface area (Å²) in [6.07, 6.45) is 10.1. The number of anilines is 1. The number of benzene rings is 1. The van der Waals surface area contributed by atoms with Gasteiger partial charge in [0, 0.05) is 28.6 Å². The number of hydrogen-bond acceptors (Lipinski definition) is 3. The molecule has 5 heterocycles. The first kappa shape index (κ1) is 14.2. The monoisotopic (exact) mass is 332 g/mol. The van der Waals surface area contributed by atoms with E-state index in [2.05, 4.69) is 41.9 Å². The molecule has 3 aliphatic heterocycles. The summed E-state index contributed by atoms with van der Waals surface area (Å²) < 4.78 is 6.32. The van der Waals surface area contributed by atoms with E-state index in [1.54, 1.807) is 0 Å². The van der Waals surface area contributed by atoms with Gasteiger partial charge in [0.1, 0.15) is 0 Å². The lowest BCUT2D eigenvalue weighted by Crippen LogP contribution is -2.71. The highest BCUT2D eigenvalue weighted by molar-refractivity contribution is 6.08. The summed E-state index contributed by atoms with van der Waals surface area (Å²) >= 11 is 0. The Morgan fingerprint density at radius 3 is 2.52 bits per heavy atom. The van der Waals surface area contributed by atoms with Gasteiger partial charge in [-0.15, -0.1) is 0 Å². The summed E-state index contributed by atoms with van der Waals surface area (Å²) in [5.74, 6) is 0. The van der Waals surface area contributed by atoms with E-state index in [4.69, 9.17) is 4.42 Å². The zero-order valence-corrected chi connectivity index (χ0v) is 15.0. The second-order valence-electron chi connectivity index (χ2n) is 8.70. The Balaban J connectivity index is 1.66. The molecule has 25 heavy (non-hydrogen) atoms. The molecule has 9 rings (SSSR count). The van der Waals surface area contributed by atoms with Crippen LogP contribution in [0.4, 0.5) is 5.69 Å². The van der Waals surface area contributed by atoms with E-state index >= 15 is 0 Å². The first-order valence-corrected chi connectivity index (χ1v) is 9.70. The number of pyridine rings is 1. The SMILES string of the molecule is Cc1ccc2c(oc3ncccc32)c1N1[C@@H](C)C23CCC1(CC2)CC3. The predicted octanol–water partition coefficient (Wildman–Crippen LogP) is 5.59. The van der Waals surface area contributed by atoms with E-state index < -0.39 is 0 Å². The third-order valence-corrected chi connectivity index (χ3v) is 7.88. The molecule has 6 fully saturated rings. The first-order chi connectivity index (χ1) is 12.1. The fourth-order valence-electron chi connectivity index (χ4n) is 6.36. The fourth-order valence-corrected chi connectivity index (χ4v) is 6.36. The molecular formula is C22H24N2O. The molecule has 3 heteroatoms. The fraction of sp³-hybridized carbons (Fsp3) is 0.500. The molecule has 0 unspecified atom stereocenters. The van der Waals surface area contributed by atoms with Crippen LogP contribution in [-0.4, -0.2) is 16.6 Å². The van der Waals surface area contributed by atoms with Crippen molar-refractivity contribution in [2.24, 2.45) is 5.41 Å². The Labute approximate surface area is 148 Å². The summed E-state index contributed by atoms with van der Waals surface area (Å²) in [6.45, 7) is 4.71. The smallest absolute Gasteiger partial charge is 0.227 e. The normalized spacial score (nSPS) is 33.7. The molecule has 6 aliphatic rings. The molecule has 0 spiro atoms. The van der Waals surface area contributed by atoms with Gasteiger partial charge in [-0.2, -0.15) is 0 Å². The lowest BCUT2D eigenvalue weighted by molar-refractivity contribution is -0.0446. The van der Waals surface area contributed by atoms with Crippen LogP contribution in [0.15, 0.2) is 34.9 Å². The van der Waals surface area contributed by atoms with Crippen LogP contribution in [-0.2, 0) is 0 Å². The highest BCUT2D eigenvalue weighted by Crippen LogP contribution is 2.65. The van der Waals surface area contributed by atoms with Gasteiger partial charge in [0.15, 0.2) is 5.58 Å². The Morgan fingerprint density at radius 2 is 1.80 bits per heavy atom. The molecule has 1 aromatic carbocycles. The van der Waals surface area contributed by atoms with Crippen LogP contribution in [0, 0.1) is 12.3 Å². The molecule has 1 atom stereocenters. The van der Waals surface area contributed by atoms with E-state index in [1.165, 1.54) is 55.2 Å². The topological polar surface area (TPSA) is 29.3 Å². The van der Waals surface area contributed by atoms with Crippen molar-refractivity contribution >= 4 is 27.8 Å². The number of rotatable bonds is 1. The highest BCUT2D eigenvalue weighted by Gasteiger charge is 2.62. The number of hydrogen-bond donors (Lipinski definition) is 0. The molecule has 3 aliphatic carbocycles. The Morgan fingerprint density at radius 1 is 1.04 bits per heavy atom. The summed E-state index contributed by atoms with van der Waals surface area (Å²) in [5, 5.41) is 2.34. The Hall–Kier alpha value is -2.03. The number of aromatic nitrogens is 1. The van der Waals surface area contributed by atoms with Crippen LogP contribution >= 0.6 is 0 Å². The lowest BCUT2D eigenvalue weighted by Gasteiger charge is -2.70. The summed E-state index contributed by atoms with van der Waals surface area (Å²) in [6, 6.07) is 9.22. The average molecular weight is 332 g/mol. The van der Waals surface area contributed by atoms with Gasteiger partial charge >= 0.3 is 0 Å².